The quantitative estimate of drug-likeness (QED) is 0.605. The van der Waals surface area contributed by atoms with Crippen LogP contribution in [-0.4, -0.2) is 27.5 Å². The lowest BCUT2D eigenvalue weighted by atomic mass is 10.1. The van der Waals surface area contributed by atoms with Crippen LogP contribution in [0.4, 0.5) is 0 Å². The maximum absolute atomic E-state index is 12.0. The zero-order valence-corrected chi connectivity index (χ0v) is 12.4. The molecule has 100 valence electrons. The van der Waals surface area contributed by atoms with E-state index in [1.54, 1.807) is 12.1 Å². The van der Waals surface area contributed by atoms with Crippen molar-refractivity contribution in [2.24, 2.45) is 0 Å². The lowest BCUT2D eigenvalue weighted by Gasteiger charge is -2.03. The molecule has 4 nitrogen and oxygen atoms in total. The van der Waals surface area contributed by atoms with Gasteiger partial charge >= 0.3 is 0 Å². The van der Waals surface area contributed by atoms with Crippen LogP contribution in [0.3, 0.4) is 0 Å². The second-order valence-corrected chi connectivity index (χ2v) is 5.75. The molecule has 6 heteroatoms. The van der Waals surface area contributed by atoms with Gasteiger partial charge < -0.3 is 4.74 Å². The van der Waals surface area contributed by atoms with Gasteiger partial charge in [0, 0.05) is 5.56 Å². The molecule has 0 spiro atoms. The Morgan fingerprint density at radius 2 is 2.11 bits per heavy atom. The third-order valence-electron chi connectivity index (χ3n) is 2.32. The van der Waals surface area contributed by atoms with Crippen LogP contribution in [-0.2, 0) is 0 Å². The van der Waals surface area contributed by atoms with Gasteiger partial charge in [0.1, 0.15) is 11.6 Å². The van der Waals surface area contributed by atoms with Gasteiger partial charge in [-0.2, -0.15) is 4.37 Å². The highest BCUT2D eigenvalue weighted by atomic mass is 32.2. The largest absolute Gasteiger partial charge is 0.494 e. The minimum absolute atomic E-state index is 0.0842. The number of benzene rings is 1. The van der Waals surface area contributed by atoms with E-state index < -0.39 is 0 Å². The van der Waals surface area contributed by atoms with Crippen LogP contribution in [0.5, 0.6) is 5.75 Å². The molecule has 1 heterocycles. The van der Waals surface area contributed by atoms with E-state index in [2.05, 4.69) is 9.36 Å². The molecule has 0 aliphatic heterocycles. The van der Waals surface area contributed by atoms with Crippen LogP contribution in [0.15, 0.2) is 28.6 Å². The number of Topliss-reactive ketones (excluding diaryl/α,β-unsaturated/α-hetero) is 1. The molecule has 0 N–H and O–H groups in total. The predicted octanol–water partition coefficient (Wildman–Crippen LogP) is 3.22. The predicted molar refractivity (Wildman–Crippen MR) is 77.3 cm³/mol. The summed E-state index contributed by atoms with van der Waals surface area (Å²) >= 11 is 2.75. The average Bonchev–Trinajstić information content (AvgIpc) is 2.83. The Kier molecular flexibility index (Phi) is 4.93. The first kappa shape index (κ1) is 14.0. The molecular weight excluding hydrogens is 280 g/mol. The van der Waals surface area contributed by atoms with Crippen molar-refractivity contribution >= 4 is 29.1 Å². The second-order valence-electron chi connectivity index (χ2n) is 3.78. The van der Waals surface area contributed by atoms with E-state index in [0.717, 1.165) is 15.9 Å². The van der Waals surface area contributed by atoms with Crippen molar-refractivity contribution in [2.45, 2.75) is 18.2 Å². The summed E-state index contributed by atoms with van der Waals surface area (Å²) in [7, 11) is 0. The Hall–Kier alpha value is -1.40. The molecule has 0 aliphatic carbocycles. The molecule has 0 unspecified atom stereocenters. The first-order valence-corrected chi connectivity index (χ1v) is 7.64. The topological polar surface area (TPSA) is 52.1 Å². The molecule has 0 bridgehead atoms. The van der Waals surface area contributed by atoms with Crippen LogP contribution in [0, 0.1) is 6.92 Å². The third kappa shape index (κ3) is 4.04. The molecule has 0 saturated heterocycles. The summed E-state index contributed by atoms with van der Waals surface area (Å²) in [5.74, 6) is 2.00. The van der Waals surface area contributed by atoms with E-state index in [1.165, 1.54) is 23.3 Å². The maximum Gasteiger partial charge on any atom is 0.173 e. The molecule has 0 radical (unpaired) electrons. The molecule has 0 fully saturated rings. The van der Waals surface area contributed by atoms with Gasteiger partial charge in [0.25, 0.3) is 0 Å². The first-order chi connectivity index (χ1) is 9.19. The average molecular weight is 294 g/mol. The van der Waals surface area contributed by atoms with Gasteiger partial charge in [-0.05, 0) is 49.6 Å². The minimum Gasteiger partial charge on any atom is -0.494 e. The number of nitrogens with zero attached hydrogens (tertiary/aromatic N) is 2. The third-order valence-corrected chi connectivity index (χ3v) is 4.25. The summed E-state index contributed by atoms with van der Waals surface area (Å²) in [5.41, 5.74) is 0.692. The van der Waals surface area contributed by atoms with Crippen molar-refractivity contribution in [1.29, 1.82) is 0 Å². The fourth-order valence-electron chi connectivity index (χ4n) is 1.45. The Bertz CT molecular complexity index is 552. The number of hydrogen-bond donors (Lipinski definition) is 0. The second kappa shape index (κ2) is 6.68. The molecule has 19 heavy (non-hydrogen) atoms. The van der Waals surface area contributed by atoms with E-state index in [4.69, 9.17) is 4.74 Å². The first-order valence-electron chi connectivity index (χ1n) is 5.88. The Morgan fingerprint density at radius 3 is 2.68 bits per heavy atom. The number of ether oxygens (including phenoxy) is 1. The minimum atomic E-state index is 0.0842. The van der Waals surface area contributed by atoms with E-state index in [0.29, 0.717) is 17.9 Å². The maximum atomic E-state index is 12.0. The zero-order chi connectivity index (χ0) is 13.7. The monoisotopic (exact) mass is 294 g/mol. The number of carbonyl (C=O) groups is 1. The number of ketones is 1. The van der Waals surface area contributed by atoms with Crippen molar-refractivity contribution in [1.82, 2.24) is 9.36 Å². The number of aryl methyl sites for hydroxylation is 1. The number of thioether (sulfide) groups is 1. The molecule has 0 saturated carbocycles. The van der Waals surface area contributed by atoms with Gasteiger partial charge in [-0.1, -0.05) is 11.8 Å². The van der Waals surface area contributed by atoms with Gasteiger partial charge in [-0.15, -0.1) is 0 Å². The normalized spacial score (nSPS) is 10.4. The van der Waals surface area contributed by atoms with Crippen molar-refractivity contribution in [3.8, 4) is 5.75 Å². The lowest BCUT2D eigenvalue weighted by molar-refractivity contribution is 0.102. The SMILES string of the molecule is CCOc1ccc(C(=O)CSc2nc(C)ns2)cc1. The molecule has 1 aromatic heterocycles. The Labute approximate surface area is 120 Å². The van der Waals surface area contributed by atoms with Gasteiger partial charge in [-0.3, -0.25) is 4.79 Å². The molecule has 0 atom stereocenters. The summed E-state index contributed by atoms with van der Waals surface area (Å²) in [6, 6.07) is 7.21. The number of hydrogen-bond acceptors (Lipinski definition) is 6. The summed E-state index contributed by atoms with van der Waals surface area (Å²) < 4.78 is 10.3. The van der Waals surface area contributed by atoms with Gasteiger partial charge in [0.15, 0.2) is 10.1 Å². The number of aromatic nitrogens is 2. The fourth-order valence-corrected chi connectivity index (χ4v) is 2.99. The van der Waals surface area contributed by atoms with Crippen molar-refractivity contribution < 1.29 is 9.53 Å². The van der Waals surface area contributed by atoms with E-state index >= 15 is 0 Å². The lowest BCUT2D eigenvalue weighted by Crippen LogP contribution is -2.02. The van der Waals surface area contributed by atoms with Crippen molar-refractivity contribution in [2.75, 3.05) is 12.4 Å². The Morgan fingerprint density at radius 1 is 1.37 bits per heavy atom. The molecule has 0 aliphatic rings. The van der Waals surface area contributed by atoms with Gasteiger partial charge in [0.05, 0.1) is 12.4 Å². The van der Waals surface area contributed by atoms with E-state index in [-0.39, 0.29) is 5.78 Å². The standard InChI is InChI=1S/C13H14N2O2S2/c1-3-17-11-6-4-10(5-7-11)12(16)8-18-13-14-9(2)15-19-13/h4-7H,3,8H2,1-2H3. The Balaban J connectivity index is 1.92. The van der Waals surface area contributed by atoms with Crippen LogP contribution >= 0.6 is 23.3 Å². The summed E-state index contributed by atoms with van der Waals surface area (Å²) in [5, 5.41) is 0. The number of carbonyl (C=O) groups excluding carboxylic acids is 1. The highest BCUT2D eigenvalue weighted by molar-refractivity contribution is 8.01. The number of rotatable bonds is 6. The van der Waals surface area contributed by atoms with E-state index in [9.17, 15) is 4.79 Å². The molecule has 2 aromatic rings. The van der Waals surface area contributed by atoms with Gasteiger partial charge in [0.2, 0.25) is 0 Å². The highest BCUT2D eigenvalue weighted by Crippen LogP contribution is 2.21. The van der Waals surface area contributed by atoms with Gasteiger partial charge in [-0.25, -0.2) is 4.98 Å². The summed E-state index contributed by atoms with van der Waals surface area (Å²) in [6.45, 7) is 4.40. The highest BCUT2D eigenvalue weighted by Gasteiger charge is 2.09. The molecular formula is C13H14N2O2S2. The van der Waals surface area contributed by atoms with Crippen LogP contribution in [0.25, 0.3) is 0 Å². The molecule has 2 rings (SSSR count). The van der Waals surface area contributed by atoms with Crippen molar-refractivity contribution in [3.63, 3.8) is 0 Å². The van der Waals surface area contributed by atoms with Crippen LogP contribution in [0.2, 0.25) is 0 Å². The molecule has 0 amide bonds. The smallest absolute Gasteiger partial charge is 0.173 e. The molecule has 1 aromatic carbocycles. The van der Waals surface area contributed by atoms with Crippen LogP contribution in [0.1, 0.15) is 23.1 Å². The van der Waals surface area contributed by atoms with E-state index in [1.807, 2.05) is 26.0 Å². The summed E-state index contributed by atoms with van der Waals surface area (Å²) in [4.78, 5) is 16.2. The van der Waals surface area contributed by atoms with Crippen molar-refractivity contribution in [3.05, 3.63) is 35.7 Å². The zero-order valence-electron chi connectivity index (χ0n) is 10.8. The fraction of sp³-hybridized carbons (Fsp3) is 0.308. The van der Waals surface area contributed by atoms with Crippen LogP contribution < -0.4 is 4.74 Å². The summed E-state index contributed by atoms with van der Waals surface area (Å²) in [6.07, 6.45) is 0.